The molecule has 0 unspecified atom stereocenters. The van der Waals surface area contributed by atoms with E-state index in [4.69, 9.17) is 4.74 Å². The maximum Gasteiger partial charge on any atom is 0.308 e. The largest absolute Gasteiger partial charge is 0.456 e. The van der Waals surface area contributed by atoms with Gasteiger partial charge in [-0.2, -0.15) is 0 Å². The second kappa shape index (κ2) is 8.52. The molecule has 0 spiro atoms. The molecule has 0 fully saturated rings. The summed E-state index contributed by atoms with van der Waals surface area (Å²) in [6.45, 7) is 1.02. The van der Waals surface area contributed by atoms with Crippen LogP contribution in [-0.2, 0) is 14.3 Å². The number of anilines is 1. The normalized spacial score (nSPS) is 12.5. The van der Waals surface area contributed by atoms with Crippen LogP contribution in [0.4, 0.5) is 11.4 Å². The van der Waals surface area contributed by atoms with Gasteiger partial charge in [0.2, 0.25) is 0 Å². The van der Waals surface area contributed by atoms with Gasteiger partial charge in [0.05, 0.1) is 16.9 Å². The minimum atomic E-state index is -0.840. The first-order chi connectivity index (χ1) is 14.3. The first-order valence-electron chi connectivity index (χ1n) is 8.93. The van der Waals surface area contributed by atoms with E-state index in [9.17, 15) is 29.3 Å². The van der Waals surface area contributed by atoms with Gasteiger partial charge in [-0.1, -0.05) is 18.2 Å². The third kappa shape index (κ3) is 4.32. The number of imide groups is 1. The lowest BCUT2D eigenvalue weighted by Gasteiger charge is -2.13. The molecule has 0 aromatic heterocycles. The van der Waals surface area contributed by atoms with Crippen molar-refractivity contribution in [3.8, 4) is 0 Å². The number of carbonyl (C=O) groups excluding carboxylic acids is 4. The van der Waals surface area contributed by atoms with Crippen molar-refractivity contribution < 1.29 is 28.8 Å². The standard InChI is InChI=1S/C20H17N3O7/c1-12-4-2-5-13(10-12)21-16(24)11-30-17(25)8-9-22-19(26)14-6-3-7-15(23(28)29)18(14)20(22)27/h2-7,10H,8-9,11H2,1H3,(H,21,24). The number of benzene rings is 2. The monoisotopic (exact) mass is 411 g/mol. The molecule has 1 N–H and O–H groups in total. The molecule has 1 heterocycles. The number of ether oxygens (including phenoxy) is 1. The maximum absolute atomic E-state index is 12.4. The maximum atomic E-state index is 12.4. The summed E-state index contributed by atoms with van der Waals surface area (Å²) in [6.07, 6.45) is -0.350. The Morgan fingerprint density at radius 3 is 2.57 bits per heavy atom. The lowest BCUT2D eigenvalue weighted by Crippen LogP contribution is -2.32. The van der Waals surface area contributed by atoms with Crippen LogP contribution < -0.4 is 5.32 Å². The summed E-state index contributed by atoms with van der Waals surface area (Å²) in [7, 11) is 0. The van der Waals surface area contributed by atoms with Gasteiger partial charge in [-0.25, -0.2) is 0 Å². The van der Waals surface area contributed by atoms with Crippen LogP contribution in [-0.4, -0.2) is 46.7 Å². The lowest BCUT2D eigenvalue weighted by atomic mass is 10.1. The molecule has 1 aliphatic rings. The topological polar surface area (TPSA) is 136 Å². The highest BCUT2D eigenvalue weighted by Gasteiger charge is 2.40. The van der Waals surface area contributed by atoms with Crippen LogP contribution in [0, 0.1) is 17.0 Å². The average molecular weight is 411 g/mol. The number of nitro benzene ring substituents is 1. The lowest BCUT2D eigenvalue weighted by molar-refractivity contribution is -0.385. The summed E-state index contributed by atoms with van der Waals surface area (Å²) in [6, 6.07) is 10.8. The van der Waals surface area contributed by atoms with Gasteiger partial charge in [-0.3, -0.25) is 34.2 Å². The molecule has 3 rings (SSSR count). The summed E-state index contributed by atoms with van der Waals surface area (Å²) in [5.41, 5.74) is 0.664. The van der Waals surface area contributed by atoms with Crippen LogP contribution in [0.3, 0.4) is 0 Å². The molecular formula is C20H17N3O7. The van der Waals surface area contributed by atoms with Crippen molar-refractivity contribution in [2.75, 3.05) is 18.5 Å². The van der Waals surface area contributed by atoms with Crippen molar-refractivity contribution in [1.29, 1.82) is 0 Å². The van der Waals surface area contributed by atoms with Gasteiger partial charge in [0.1, 0.15) is 5.56 Å². The van der Waals surface area contributed by atoms with Gasteiger partial charge in [0.25, 0.3) is 23.4 Å². The number of hydrogen-bond donors (Lipinski definition) is 1. The zero-order valence-electron chi connectivity index (χ0n) is 15.9. The van der Waals surface area contributed by atoms with E-state index in [-0.39, 0.29) is 24.1 Å². The number of nitro groups is 1. The van der Waals surface area contributed by atoms with Crippen LogP contribution >= 0.6 is 0 Å². The van der Waals surface area contributed by atoms with Gasteiger partial charge in [0, 0.05) is 18.3 Å². The Labute approximate surface area is 170 Å². The van der Waals surface area contributed by atoms with E-state index in [1.807, 2.05) is 13.0 Å². The summed E-state index contributed by atoms with van der Waals surface area (Å²) in [5, 5.41) is 13.7. The Morgan fingerprint density at radius 2 is 1.87 bits per heavy atom. The zero-order valence-corrected chi connectivity index (χ0v) is 15.9. The fraction of sp³-hybridized carbons (Fsp3) is 0.200. The number of carbonyl (C=O) groups is 4. The van der Waals surface area contributed by atoms with E-state index in [0.29, 0.717) is 5.69 Å². The van der Waals surface area contributed by atoms with Crippen molar-refractivity contribution in [3.63, 3.8) is 0 Å². The molecule has 0 saturated heterocycles. The highest BCUT2D eigenvalue weighted by Crippen LogP contribution is 2.30. The third-order valence-corrected chi connectivity index (χ3v) is 4.38. The summed E-state index contributed by atoms with van der Waals surface area (Å²) < 4.78 is 4.87. The Kier molecular flexibility index (Phi) is 5.86. The highest BCUT2D eigenvalue weighted by atomic mass is 16.6. The molecular weight excluding hydrogens is 394 g/mol. The number of nitrogens with one attached hydrogen (secondary N) is 1. The minimum Gasteiger partial charge on any atom is -0.456 e. The predicted octanol–water partition coefficient (Wildman–Crippen LogP) is 2.07. The molecule has 154 valence electrons. The summed E-state index contributed by atoms with van der Waals surface area (Å²) in [4.78, 5) is 59.7. The second-order valence-corrected chi connectivity index (χ2v) is 6.55. The number of hydrogen-bond acceptors (Lipinski definition) is 7. The van der Waals surface area contributed by atoms with E-state index < -0.39 is 40.9 Å². The van der Waals surface area contributed by atoms with E-state index in [2.05, 4.69) is 5.32 Å². The van der Waals surface area contributed by atoms with Crippen molar-refractivity contribution in [2.24, 2.45) is 0 Å². The molecule has 3 amide bonds. The fourth-order valence-corrected chi connectivity index (χ4v) is 3.01. The quantitative estimate of drug-likeness (QED) is 0.319. The molecule has 1 aliphatic heterocycles. The van der Waals surface area contributed by atoms with Gasteiger partial charge in [0.15, 0.2) is 6.61 Å². The molecule has 0 aliphatic carbocycles. The number of aryl methyl sites for hydroxylation is 1. The predicted molar refractivity (Wildman–Crippen MR) is 104 cm³/mol. The van der Waals surface area contributed by atoms with Crippen molar-refractivity contribution in [1.82, 2.24) is 4.90 Å². The summed E-state index contributed by atoms with van der Waals surface area (Å²) >= 11 is 0. The smallest absolute Gasteiger partial charge is 0.308 e. The average Bonchev–Trinajstić information content (AvgIpc) is 2.95. The first-order valence-corrected chi connectivity index (χ1v) is 8.93. The Morgan fingerprint density at radius 1 is 1.13 bits per heavy atom. The minimum absolute atomic E-state index is 0.0832. The molecule has 0 radical (unpaired) electrons. The highest BCUT2D eigenvalue weighted by molar-refractivity contribution is 6.23. The second-order valence-electron chi connectivity index (χ2n) is 6.55. The van der Waals surface area contributed by atoms with E-state index in [1.165, 1.54) is 12.1 Å². The van der Waals surface area contributed by atoms with Crippen LogP contribution in [0.2, 0.25) is 0 Å². The van der Waals surface area contributed by atoms with E-state index >= 15 is 0 Å². The van der Waals surface area contributed by atoms with Crippen molar-refractivity contribution >= 4 is 35.1 Å². The van der Waals surface area contributed by atoms with Crippen LogP contribution in [0.15, 0.2) is 42.5 Å². The van der Waals surface area contributed by atoms with Crippen molar-refractivity contribution in [3.05, 3.63) is 69.3 Å². The first kappa shape index (κ1) is 20.6. The SMILES string of the molecule is Cc1cccc(NC(=O)COC(=O)CCN2C(=O)c3cccc([N+](=O)[O-])c3C2=O)c1. The van der Waals surface area contributed by atoms with Crippen molar-refractivity contribution in [2.45, 2.75) is 13.3 Å². The van der Waals surface area contributed by atoms with Crippen LogP contribution in [0.25, 0.3) is 0 Å². The summed E-state index contributed by atoms with van der Waals surface area (Å²) in [5.74, 6) is -2.89. The molecule has 2 aromatic rings. The Bertz CT molecular complexity index is 1060. The van der Waals surface area contributed by atoms with Gasteiger partial charge in [-0.15, -0.1) is 0 Å². The Balaban J connectivity index is 1.53. The van der Waals surface area contributed by atoms with E-state index in [1.54, 1.807) is 18.2 Å². The van der Waals surface area contributed by atoms with Crippen LogP contribution in [0.5, 0.6) is 0 Å². The molecule has 0 atom stereocenters. The van der Waals surface area contributed by atoms with Gasteiger partial charge in [-0.05, 0) is 30.7 Å². The third-order valence-electron chi connectivity index (χ3n) is 4.38. The molecule has 0 bridgehead atoms. The number of amides is 3. The number of fused-ring (bicyclic) bond motifs is 1. The molecule has 30 heavy (non-hydrogen) atoms. The number of rotatable bonds is 7. The Hall–Kier alpha value is -4.08. The van der Waals surface area contributed by atoms with Crippen LogP contribution in [0.1, 0.15) is 32.7 Å². The van der Waals surface area contributed by atoms with Gasteiger partial charge >= 0.3 is 5.97 Å². The van der Waals surface area contributed by atoms with E-state index in [0.717, 1.165) is 16.5 Å². The number of nitrogens with zero attached hydrogens (tertiary/aromatic N) is 2. The van der Waals surface area contributed by atoms with Gasteiger partial charge < -0.3 is 10.1 Å². The zero-order chi connectivity index (χ0) is 21.8. The molecule has 0 saturated carbocycles. The molecule has 10 nitrogen and oxygen atoms in total. The number of esters is 1. The fourth-order valence-electron chi connectivity index (χ4n) is 3.01. The molecule has 10 heteroatoms. The molecule has 2 aromatic carbocycles.